The lowest BCUT2D eigenvalue weighted by Crippen LogP contribution is -2.58. The van der Waals surface area contributed by atoms with Gasteiger partial charge in [-0.3, -0.25) is 14.9 Å². The molecule has 0 spiro atoms. The second kappa shape index (κ2) is 4.41. The molecule has 18 heavy (non-hydrogen) atoms. The number of aromatic nitrogens is 2. The number of primary amides is 1. The normalized spacial score (nSPS) is 19.1. The summed E-state index contributed by atoms with van der Waals surface area (Å²) in [6.45, 7) is 3.72. The molecule has 1 aliphatic rings. The van der Waals surface area contributed by atoms with E-state index >= 15 is 0 Å². The zero-order valence-corrected chi connectivity index (χ0v) is 10.4. The van der Waals surface area contributed by atoms with Gasteiger partial charge in [-0.15, -0.1) is 0 Å². The number of carbonyl (C=O) groups excluding carboxylic acids is 2. The zero-order valence-electron chi connectivity index (χ0n) is 10.4. The van der Waals surface area contributed by atoms with Gasteiger partial charge in [-0.05, 0) is 13.8 Å². The van der Waals surface area contributed by atoms with Crippen LogP contribution < -0.4 is 16.4 Å². The maximum Gasteiger partial charge on any atom is 0.242 e. The van der Waals surface area contributed by atoms with E-state index in [4.69, 9.17) is 5.73 Å². The van der Waals surface area contributed by atoms with Crippen molar-refractivity contribution < 1.29 is 9.59 Å². The molecule has 0 aromatic carbocycles. The first-order valence-electron chi connectivity index (χ1n) is 5.76. The van der Waals surface area contributed by atoms with E-state index in [1.54, 1.807) is 20.2 Å². The highest BCUT2D eigenvalue weighted by Crippen LogP contribution is 2.13. The highest BCUT2D eigenvalue weighted by Gasteiger charge is 2.32. The number of imidazole rings is 1. The third-order valence-corrected chi connectivity index (χ3v) is 3.10. The molecule has 2 rings (SSSR count). The van der Waals surface area contributed by atoms with Crippen molar-refractivity contribution in [2.45, 2.75) is 38.4 Å². The largest absolute Gasteiger partial charge is 0.368 e. The molecule has 1 unspecified atom stereocenters. The summed E-state index contributed by atoms with van der Waals surface area (Å²) in [6, 6.07) is -0.389. The fourth-order valence-electron chi connectivity index (χ4n) is 1.81. The monoisotopic (exact) mass is 251 g/mol. The molecule has 0 fully saturated rings. The average Bonchev–Trinajstić information content (AvgIpc) is 2.74. The standard InChI is InChI=1S/C11H17N5O2/c1-11(2,10(12)18)16-9(17)7-3-6-8(4-13-7)15-5-14-6/h5,7,13H,3-4H2,1-2H3,(H2,12,18)(H,14,15)(H,16,17). The van der Waals surface area contributed by atoms with Gasteiger partial charge in [0, 0.05) is 13.0 Å². The van der Waals surface area contributed by atoms with E-state index in [9.17, 15) is 9.59 Å². The van der Waals surface area contributed by atoms with Gasteiger partial charge in [0.15, 0.2) is 0 Å². The van der Waals surface area contributed by atoms with Crippen LogP contribution >= 0.6 is 0 Å². The number of aromatic amines is 1. The SMILES string of the molecule is CC(C)(NC(=O)C1Cc2nc[nH]c2CN1)C(N)=O. The average molecular weight is 251 g/mol. The van der Waals surface area contributed by atoms with Gasteiger partial charge in [-0.1, -0.05) is 0 Å². The van der Waals surface area contributed by atoms with Gasteiger partial charge in [-0.25, -0.2) is 4.98 Å². The summed E-state index contributed by atoms with van der Waals surface area (Å²) in [7, 11) is 0. The minimum Gasteiger partial charge on any atom is -0.368 e. The minimum absolute atomic E-state index is 0.243. The highest BCUT2D eigenvalue weighted by molar-refractivity contribution is 5.91. The van der Waals surface area contributed by atoms with Crippen molar-refractivity contribution in [3.8, 4) is 0 Å². The van der Waals surface area contributed by atoms with Gasteiger partial charge >= 0.3 is 0 Å². The molecule has 98 valence electrons. The van der Waals surface area contributed by atoms with Crippen LogP contribution in [0.5, 0.6) is 0 Å². The molecule has 0 aliphatic carbocycles. The lowest BCUT2D eigenvalue weighted by Gasteiger charge is -2.28. The van der Waals surface area contributed by atoms with Gasteiger partial charge in [-0.2, -0.15) is 0 Å². The lowest BCUT2D eigenvalue weighted by molar-refractivity contribution is -0.131. The number of carbonyl (C=O) groups is 2. The lowest BCUT2D eigenvalue weighted by atomic mass is 10.0. The van der Waals surface area contributed by atoms with E-state index in [0.717, 1.165) is 11.4 Å². The molecule has 7 nitrogen and oxygen atoms in total. The van der Waals surface area contributed by atoms with Crippen LogP contribution in [-0.4, -0.2) is 33.4 Å². The molecule has 1 aromatic rings. The Balaban J connectivity index is 2.02. The van der Waals surface area contributed by atoms with Crippen molar-refractivity contribution in [2.24, 2.45) is 5.73 Å². The summed E-state index contributed by atoms with van der Waals surface area (Å²) in [5, 5.41) is 5.72. The molecular weight excluding hydrogens is 234 g/mol. The Hall–Kier alpha value is -1.89. The summed E-state index contributed by atoms with van der Waals surface area (Å²) in [6.07, 6.45) is 2.11. The third-order valence-electron chi connectivity index (χ3n) is 3.10. The van der Waals surface area contributed by atoms with E-state index in [1.807, 2.05) is 0 Å². The fraction of sp³-hybridized carbons (Fsp3) is 0.545. The molecule has 1 aromatic heterocycles. The molecule has 0 saturated heterocycles. The van der Waals surface area contributed by atoms with Crippen molar-refractivity contribution in [3.63, 3.8) is 0 Å². The molecule has 2 heterocycles. The van der Waals surface area contributed by atoms with Gasteiger partial charge in [0.05, 0.1) is 23.8 Å². The summed E-state index contributed by atoms with van der Waals surface area (Å²) in [4.78, 5) is 30.4. The molecule has 0 radical (unpaired) electrons. The Labute approximate surface area is 105 Å². The Morgan fingerprint density at radius 3 is 2.94 bits per heavy atom. The van der Waals surface area contributed by atoms with Crippen LogP contribution in [0.1, 0.15) is 25.2 Å². The molecular formula is C11H17N5O2. The van der Waals surface area contributed by atoms with Crippen molar-refractivity contribution in [1.82, 2.24) is 20.6 Å². The van der Waals surface area contributed by atoms with Crippen LogP contribution in [0.4, 0.5) is 0 Å². The molecule has 5 N–H and O–H groups in total. The molecule has 0 bridgehead atoms. The van der Waals surface area contributed by atoms with Gasteiger partial charge in [0.2, 0.25) is 11.8 Å². The fourth-order valence-corrected chi connectivity index (χ4v) is 1.81. The van der Waals surface area contributed by atoms with Crippen molar-refractivity contribution in [1.29, 1.82) is 0 Å². The number of nitrogens with two attached hydrogens (primary N) is 1. The molecule has 1 atom stereocenters. The molecule has 2 amide bonds. The van der Waals surface area contributed by atoms with E-state index in [-0.39, 0.29) is 11.9 Å². The Kier molecular flexibility index (Phi) is 3.08. The number of amides is 2. The number of nitrogens with zero attached hydrogens (tertiary/aromatic N) is 1. The topological polar surface area (TPSA) is 113 Å². The van der Waals surface area contributed by atoms with E-state index in [2.05, 4.69) is 20.6 Å². The predicted molar refractivity (Wildman–Crippen MR) is 64.3 cm³/mol. The van der Waals surface area contributed by atoms with Gasteiger partial charge in [0.1, 0.15) is 5.54 Å². The Bertz CT molecular complexity index is 480. The first kappa shape index (κ1) is 12.6. The summed E-state index contributed by atoms with van der Waals surface area (Å²) in [5.74, 6) is -0.806. The summed E-state index contributed by atoms with van der Waals surface area (Å²) in [5.41, 5.74) is 6.04. The van der Waals surface area contributed by atoms with Crippen LogP contribution in [0, 0.1) is 0 Å². The second-order valence-corrected chi connectivity index (χ2v) is 4.94. The maximum atomic E-state index is 12.0. The first-order valence-corrected chi connectivity index (χ1v) is 5.76. The van der Waals surface area contributed by atoms with Crippen molar-refractivity contribution in [2.75, 3.05) is 0 Å². The molecule has 0 saturated carbocycles. The summed E-state index contributed by atoms with van der Waals surface area (Å²) >= 11 is 0. The number of hydrogen-bond donors (Lipinski definition) is 4. The number of hydrogen-bond acceptors (Lipinski definition) is 4. The van der Waals surface area contributed by atoms with Crippen molar-refractivity contribution >= 4 is 11.8 Å². The molecule has 1 aliphatic heterocycles. The Morgan fingerprint density at radius 2 is 2.28 bits per heavy atom. The summed E-state index contributed by atoms with van der Waals surface area (Å²) < 4.78 is 0. The van der Waals surface area contributed by atoms with Crippen molar-refractivity contribution in [3.05, 3.63) is 17.7 Å². The number of rotatable bonds is 3. The van der Waals surface area contributed by atoms with E-state index in [0.29, 0.717) is 13.0 Å². The smallest absolute Gasteiger partial charge is 0.242 e. The quantitative estimate of drug-likeness (QED) is 0.540. The van der Waals surface area contributed by atoms with E-state index in [1.165, 1.54) is 0 Å². The number of fused-ring (bicyclic) bond motifs is 1. The Morgan fingerprint density at radius 1 is 1.56 bits per heavy atom. The maximum absolute atomic E-state index is 12.0. The van der Waals surface area contributed by atoms with Gasteiger partial charge < -0.3 is 16.0 Å². The third kappa shape index (κ3) is 2.35. The predicted octanol–water partition coefficient (Wildman–Crippen LogP) is -1.20. The highest BCUT2D eigenvalue weighted by atomic mass is 16.2. The second-order valence-electron chi connectivity index (χ2n) is 4.94. The van der Waals surface area contributed by atoms with Crippen LogP contribution in [0.2, 0.25) is 0 Å². The van der Waals surface area contributed by atoms with Crippen LogP contribution in [0.15, 0.2) is 6.33 Å². The van der Waals surface area contributed by atoms with Crippen LogP contribution in [0.25, 0.3) is 0 Å². The van der Waals surface area contributed by atoms with Crippen LogP contribution in [0.3, 0.4) is 0 Å². The number of H-pyrrole nitrogens is 1. The molecule has 7 heteroatoms. The van der Waals surface area contributed by atoms with Gasteiger partial charge in [0.25, 0.3) is 0 Å². The first-order chi connectivity index (χ1) is 8.40. The van der Waals surface area contributed by atoms with Crippen LogP contribution in [-0.2, 0) is 22.6 Å². The minimum atomic E-state index is -1.05. The van der Waals surface area contributed by atoms with E-state index < -0.39 is 11.4 Å². The zero-order chi connectivity index (χ0) is 13.3. The number of nitrogens with one attached hydrogen (secondary N) is 3.